The monoisotopic (exact) mass is 273 g/mol. The highest BCUT2D eigenvalue weighted by Gasteiger charge is 2.32. The van der Waals surface area contributed by atoms with Crippen molar-refractivity contribution in [3.8, 4) is 0 Å². The second kappa shape index (κ2) is 6.69. The molecule has 0 radical (unpaired) electrons. The standard InChI is InChI=1S/C10H19N5O2S/c1-5-11-10(2,8(16)17-4)6-7-18-9-12-13-14-15(9)3/h11H,5-7H2,1-4H3. The Morgan fingerprint density at radius 3 is 2.83 bits per heavy atom. The molecular formula is C10H19N5O2S. The van der Waals surface area contributed by atoms with Crippen molar-refractivity contribution in [3.63, 3.8) is 0 Å². The van der Waals surface area contributed by atoms with Crippen LogP contribution in [0.25, 0.3) is 0 Å². The van der Waals surface area contributed by atoms with Gasteiger partial charge in [-0.15, -0.1) is 5.10 Å². The third-order valence-corrected chi connectivity index (χ3v) is 3.63. The molecule has 1 aromatic heterocycles. The van der Waals surface area contributed by atoms with Gasteiger partial charge in [0.05, 0.1) is 7.11 Å². The van der Waals surface area contributed by atoms with Gasteiger partial charge < -0.3 is 10.1 Å². The molecule has 0 saturated heterocycles. The first-order chi connectivity index (χ1) is 8.53. The molecular weight excluding hydrogens is 254 g/mol. The smallest absolute Gasteiger partial charge is 0.325 e. The zero-order valence-electron chi connectivity index (χ0n) is 11.1. The Bertz CT molecular complexity index is 397. The van der Waals surface area contributed by atoms with E-state index in [2.05, 4.69) is 20.8 Å². The van der Waals surface area contributed by atoms with Gasteiger partial charge in [0.15, 0.2) is 0 Å². The number of aromatic nitrogens is 4. The molecule has 0 aliphatic carbocycles. The molecule has 0 aliphatic heterocycles. The van der Waals surface area contributed by atoms with Gasteiger partial charge in [0.1, 0.15) is 5.54 Å². The van der Waals surface area contributed by atoms with Crippen LogP contribution in [0.5, 0.6) is 0 Å². The van der Waals surface area contributed by atoms with E-state index in [-0.39, 0.29) is 5.97 Å². The molecule has 1 aromatic rings. The van der Waals surface area contributed by atoms with Gasteiger partial charge in [0.2, 0.25) is 5.16 Å². The topological polar surface area (TPSA) is 81.9 Å². The molecule has 0 amide bonds. The van der Waals surface area contributed by atoms with Gasteiger partial charge in [-0.3, -0.25) is 4.79 Å². The molecule has 18 heavy (non-hydrogen) atoms. The first-order valence-corrected chi connectivity index (χ1v) is 6.70. The molecule has 1 rings (SSSR count). The SMILES string of the molecule is CCNC(C)(CCSc1nnnn1C)C(=O)OC. The molecule has 1 heterocycles. The Balaban J connectivity index is 2.53. The van der Waals surface area contributed by atoms with Crippen molar-refractivity contribution in [2.75, 3.05) is 19.4 Å². The van der Waals surface area contributed by atoms with Gasteiger partial charge in [0.25, 0.3) is 0 Å². The van der Waals surface area contributed by atoms with Crippen LogP contribution in [0, 0.1) is 0 Å². The summed E-state index contributed by atoms with van der Waals surface area (Å²) in [7, 11) is 3.18. The number of thioether (sulfide) groups is 1. The largest absolute Gasteiger partial charge is 0.468 e. The summed E-state index contributed by atoms with van der Waals surface area (Å²) in [6.45, 7) is 4.51. The zero-order chi connectivity index (χ0) is 13.6. The van der Waals surface area contributed by atoms with Crippen LogP contribution in [0.1, 0.15) is 20.3 Å². The quantitative estimate of drug-likeness (QED) is 0.562. The zero-order valence-corrected chi connectivity index (χ0v) is 12.0. The van der Waals surface area contributed by atoms with Crippen LogP contribution in [-0.4, -0.2) is 51.1 Å². The van der Waals surface area contributed by atoms with Gasteiger partial charge in [-0.2, -0.15) is 0 Å². The Morgan fingerprint density at radius 1 is 1.61 bits per heavy atom. The van der Waals surface area contributed by atoms with E-state index in [1.165, 1.54) is 18.9 Å². The second-order valence-corrected chi connectivity index (χ2v) is 5.10. The highest BCUT2D eigenvalue weighted by molar-refractivity contribution is 7.99. The molecule has 7 nitrogen and oxygen atoms in total. The summed E-state index contributed by atoms with van der Waals surface area (Å²) < 4.78 is 6.43. The van der Waals surface area contributed by atoms with Gasteiger partial charge in [0, 0.05) is 12.8 Å². The van der Waals surface area contributed by atoms with Gasteiger partial charge in [-0.25, -0.2) is 4.68 Å². The number of carbonyl (C=O) groups is 1. The van der Waals surface area contributed by atoms with E-state index in [1.54, 1.807) is 11.7 Å². The van der Waals surface area contributed by atoms with Crippen molar-refractivity contribution < 1.29 is 9.53 Å². The van der Waals surface area contributed by atoms with Gasteiger partial charge in [-0.1, -0.05) is 18.7 Å². The summed E-state index contributed by atoms with van der Waals surface area (Å²) in [5.41, 5.74) is -0.664. The molecule has 0 saturated carbocycles. The van der Waals surface area contributed by atoms with Crippen LogP contribution >= 0.6 is 11.8 Å². The number of hydrogen-bond acceptors (Lipinski definition) is 7. The van der Waals surface area contributed by atoms with Crippen LogP contribution in [0.3, 0.4) is 0 Å². The maximum absolute atomic E-state index is 11.7. The molecule has 8 heteroatoms. The number of nitrogens with one attached hydrogen (secondary N) is 1. The van der Waals surface area contributed by atoms with Crippen molar-refractivity contribution in [2.45, 2.75) is 31.0 Å². The molecule has 0 aromatic carbocycles. The van der Waals surface area contributed by atoms with Crippen molar-refractivity contribution >= 4 is 17.7 Å². The minimum absolute atomic E-state index is 0.249. The van der Waals surface area contributed by atoms with Gasteiger partial charge in [-0.05, 0) is 30.3 Å². The lowest BCUT2D eigenvalue weighted by atomic mass is 9.99. The van der Waals surface area contributed by atoms with E-state index in [1.807, 2.05) is 13.8 Å². The highest BCUT2D eigenvalue weighted by atomic mass is 32.2. The average Bonchev–Trinajstić information content (AvgIpc) is 2.74. The minimum atomic E-state index is -0.664. The maximum atomic E-state index is 11.7. The van der Waals surface area contributed by atoms with Crippen molar-refractivity contribution in [2.24, 2.45) is 7.05 Å². The van der Waals surface area contributed by atoms with Crippen molar-refractivity contribution in [1.29, 1.82) is 0 Å². The summed E-state index contributed by atoms with van der Waals surface area (Å²) >= 11 is 1.51. The Kier molecular flexibility index (Phi) is 5.54. The fourth-order valence-corrected chi connectivity index (χ4v) is 2.58. The third-order valence-electron chi connectivity index (χ3n) is 2.62. The van der Waals surface area contributed by atoms with E-state index < -0.39 is 5.54 Å². The summed E-state index contributed by atoms with van der Waals surface area (Å²) in [5, 5.41) is 15.1. The molecule has 0 spiro atoms. The molecule has 0 bridgehead atoms. The molecule has 1 atom stereocenters. The summed E-state index contributed by atoms with van der Waals surface area (Å²) in [5.74, 6) is 0.480. The third kappa shape index (κ3) is 3.67. The number of likely N-dealkylation sites (N-methyl/N-ethyl adjacent to an activating group) is 1. The Hall–Kier alpha value is -1.15. The van der Waals surface area contributed by atoms with E-state index in [4.69, 9.17) is 4.74 Å². The fourth-order valence-electron chi connectivity index (χ4n) is 1.57. The predicted octanol–water partition coefficient (Wildman–Crippen LogP) is 0.234. The summed E-state index contributed by atoms with van der Waals surface area (Å²) in [6, 6.07) is 0. The number of tetrazole rings is 1. The number of nitrogens with zero attached hydrogens (tertiary/aromatic N) is 4. The number of rotatable bonds is 7. The number of aryl methyl sites for hydroxylation is 1. The lowest BCUT2D eigenvalue weighted by molar-refractivity contribution is -0.147. The number of ether oxygens (including phenoxy) is 1. The van der Waals surface area contributed by atoms with Crippen LogP contribution in [-0.2, 0) is 16.6 Å². The van der Waals surface area contributed by atoms with E-state index in [0.29, 0.717) is 13.0 Å². The van der Waals surface area contributed by atoms with Gasteiger partial charge >= 0.3 is 5.97 Å². The number of methoxy groups -OCH3 is 1. The predicted molar refractivity (Wildman–Crippen MR) is 68.2 cm³/mol. The fraction of sp³-hybridized carbons (Fsp3) is 0.800. The lowest BCUT2D eigenvalue weighted by Crippen LogP contribution is -2.50. The number of carbonyl (C=O) groups excluding carboxylic acids is 1. The minimum Gasteiger partial charge on any atom is -0.468 e. The molecule has 1 N–H and O–H groups in total. The molecule has 1 unspecified atom stereocenters. The summed E-state index contributed by atoms with van der Waals surface area (Å²) in [6.07, 6.45) is 0.644. The number of esters is 1. The first kappa shape index (κ1) is 14.9. The summed E-state index contributed by atoms with van der Waals surface area (Å²) in [4.78, 5) is 11.7. The van der Waals surface area contributed by atoms with Crippen LogP contribution in [0.2, 0.25) is 0 Å². The van der Waals surface area contributed by atoms with Crippen LogP contribution in [0.15, 0.2) is 5.16 Å². The van der Waals surface area contributed by atoms with E-state index in [0.717, 1.165) is 10.9 Å². The Labute approximate surface area is 111 Å². The van der Waals surface area contributed by atoms with Crippen LogP contribution < -0.4 is 5.32 Å². The average molecular weight is 273 g/mol. The maximum Gasteiger partial charge on any atom is 0.325 e. The van der Waals surface area contributed by atoms with E-state index in [9.17, 15) is 4.79 Å². The molecule has 102 valence electrons. The number of hydrogen-bond donors (Lipinski definition) is 1. The highest BCUT2D eigenvalue weighted by Crippen LogP contribution is 2.20. The normalized spacial score (nSPS) is 14.2. The molecule has 0 aliphatic rings. The first-order valence-electron chi connectivity index (χ1n) is 5.72. The van der Waals surface area contributed by atoms with E-state index >= 15 is 0 Å². The Morgan fingerprint density at radius 2 is 2.33 bits per heavy atom. The van der Waals surface area contributed by atoms with Crippen LogP contribution in [0.4, 0.5) is 0 Å². The van der Waals surface area contributed by atoms with Crippen molar-refractivity contribution in [3.05, 3.63) is 0 Å². The molecule has 0 fully saturated rings. The lowest BCUT2D eigenvalue weighted by Gasteiger charge is -2.27. The van der Waals surface area contributed by atoms with Crippen molar-refractivity contribution in [1.82, 2.24) is 25.5 Å². The second-order valence-electron chi connectivity index (χ2n) is 4.04.